The second kappa shape index (κ2) is 6.71. The molecule has 2 heterocycles. The number of aryl methyl sites for hydroxylation is 2. The molecule has 1 aromatic heterocycles. The predicted octanol–water partition coefficient (Wildman–Crippen LogP) is 0.950. The Balaban J connectivity index is 2.08. The number of aromatic nitrogens is 1. The van der Waals surface area contributed by atoms with Crippen molar-refractivity contribution in [1.29, 1.82) is 0 Å². The maximum atomic E-state index is 12.6. The summed E-state index contributed by atoms with van der Waals surface area (Å²) in [6.45, 7) is 4.91. The highest BCUT2D eigenvalue weighted by Crippen LogP contribution is 2.19. The van der Waals surface area contributed by atoms with E-state index in [0.717, 1.165) is 0 Å². The monoisotopic (exact) mass is 296 g/mol. The van der Waals surface area contributed by atoms with Crippen molar-refractivity contribution in [3.05, 3.63) is 17.0 Å². The number of morpholine rings is 1. The lowest BCUT2D eigenvalue weighted by Gasteiger charge is -2.32. The van der Waals surface area contributed by atoms with Crippen LogP contribution < -0.4 is 0 Å². The van der Waals surface area contributed by atoms with Gasteiger partial charge in [0.25, 0.3) is 5.91 Å². The molecule has 0 bridgehead atoms. The van der Waals surface area contributed by atoms with Gasteiger partial charge in [0.1, 0.15) is 11.3 Å². The van der Waals surface area contributed by atoms with Crippen molar-refractivity contribution in [3.8, 4) is 0 Å². The second-order valence-corrected chi connectivity index (χ2v) is 4.94. The molecular formula is C14H20N2O5. The number of amides is 1. The molecule has 1 atom stereocenters. The standard InChI is InChI=1S/C14H20N2O5/c1-4-11-13(9(2)21-15-11)14(18)16-5-6-20-10(8-16)7-12(17)19-3/h10H,4-8H2,1-3H3. The molecule has 1 fully saturated rings. The summed E-state index contributed by atoms with van der Waals surface area (Å²) in [6.07, 6.45) is 0.443. The summed E-state index contributed by atoms with van der Waals surface area (Å²) in [5.74, 6) is 0.0568. The Bertz CT molecular complexity index is 525. The van der Waals surface area contributed by atoms with E-state index in [-0.39, 0.29) is 24.4 Å². The third-order valence-electron chi connectivity index (χ3n) is 3.53. The topological polar surface area (TPSA) is 81.9 Å². The van der Waals surface area contributed by atoms with E-state index in [2.05, 4.69) is 9.89 Å². The molecule has 0 saturated carbocycles. The van der Waals surface area contributed by atoms with Gasteiger partial charge in [-0.25, -0.2) is 0 Å². The van der Waals surface area contributed by atoms with Gasteiger partial charge in [-0.3, -0.25) is 9.59 Å². The molecule has 7 nitrogen and oxygen atoms in total. The predicted molar refractivity (Wildman–Crippen MR) is 72.9 cm³/mol. The zero-order valence-corrected chi connectivity index (χ0v) is 12.5. The van der Waals surface area contributed by atoms with Crippen LogP contribution in [0.25, 0.3) is 0 Å². The fourth-order valence-electron chi connectivity index (χ4n) is 2.39. The first kappa shape index (κ1) is 15.5. The van der Waals surface area contributed by atoms with Crippen LogP contribution in [0, 0.1) is 6.92 Å². The molecule has 0 radical (unpaired) electrons. The van der Waals surface area contributed by atoms with Crippen LogP contribution in [0.5, 0.6) is 0 Å². The van der Waals surface area contributed by atoms with Crippen LogP contribution in [0.15, 0.2) is 4.52 Å². The van der Waals surface area contributed by atoms with Gasteiger partial charge >= 0.3 is 5.97 Å². The number of hydrogen-bond acceptors (Lipinski definition) is 6. The first-order chi connectivity index (χ1) is 10.1. The van der Waals surface area contributed by atoms with Gasteiger partial charge in [0, 0.05) is 13.1 Å². The van der Waals surface area contributed by atoms with Gasteiger partial charge in [-0.2, -0.15) is 0 Å². The molecule has 0 aliphatic carbocycles. The Morgan fingerprint density at radius 1 is 1.48 bits per heavy atom. The molecule has 0 N–H and O–H groups in total. The molecule has 2 rings (SSSR count). The van der Waals surface area contributed by atoms with E-state index < -0.39 is 0 Å². The van der Waals surface area contributed by atoms with E-state index in [1.54, 1.807) is 11.8 Å². The fraction of sp³-hybridized carbons (Fsp3) is 0.643. The van der Waals surface area contributed by atoms with Gasteiger partial charge in [0.05, 0.1) is 31.9 Å². The van der Waals surface area contributed by atoms with Crippen LogP contribution in [-0.4, -0.2) is 54.8 Å². The highest BCUT2D eigenvalue weighted by atomic mass is 16.5. The lowest BCUT2D eigenvalue weighted by atomic mass is 10.1. The zero-order chi connectivity index (χ0) is 15.4. The number of rotatable bonds is 4. The number of hydrogen-bond donors (Lipinski definition) is 0. The van der Waals surface area contributed by atoms with Crippen LogP contribution in [0.1, 0.15) is 35.2 Å². The summed E-state index contributed by atoms with van der Waals surface area (Å²) >= 11 is 0. The van der Waals surface area contributed by atoms with Gasteiger partial charge < -0.3 is 18.9 Å². The molecule has 1 aromatic rings. The molecule has 1 saturated heterocycles. The highest BCUT2D eigenvalue weighted by molar-refractivity contribution is 5.96. The maximum absolute atomic E-state index is 12.6. The Labute approximate surface area is 123 Å². The quantitative estimate of drug-likeness (QED) is 0.769. The Morgan fingerprint density at radius 3 is 2.90 bits per heavy atom. The molecule has 1 aliphatic rings. The molecule has 21 heavy (non-hydrogen) atoms. The van der Waals surface area contributed by atoms with E-state index in [1.807, 2.05) is 6.92 Å². The Hall–Kier alpha value is -1.89. The summed E-state index contributed by atoms with van der Waals surface area (Å²) in [5, 5.41) is 3.90. The average molecular weight is 296 g/mol. The van der Waals surface area contributed by atoms with Crippen molar-refractivity contribution >= 4 is 11.9 Å². The minimum absolute atomic E-state index is 0.122. The third-order valence-corrected chi connectivity index (χ3v) is 3.53. The Morgan fingerprint density at radius 2 is 2.24 bits per heavy atom. The molecule has 1 aliphatic heterocycles. The van der Waals surface area contributed by atoms with E-state index >= 15 is 0 Å². The van der Waals surface area contributed by atoms with Gasteiger partial charge in [-0.15, -0.1) is 0 Å². The molecular weight excluding hydrogens is 276 g/mol. The van der Waals surface area contributed by atoms with Crippen LogP contribution in [0.2, 0.25) is 0 Å². The molecule has 1 amide bonds. The molecule has 0 spiro atoms. The molecule has 0 aromatic carbocycles. The number of methoxy groups -OCH3 is 1. The van der Waals surface area contributed by atoms with Crippen molar-refractivity contribution < 1.29 is 23.6 Å². The van der Waals surface area contributed by atoms with E-state index in [1.165, 1.54) is 7.11 Å². The molecule has 7 heteroatoms. The third kappa shape index (κ3) is 3.41. The minimum Gasteiger partial charge on any atom is -0.469 e. The van der Waals surface area contributed by atoms with E-state index in [4.69, 9.17) is 9.26 Å². The number of nitrogens with zero attached hydrogens (tertiary/aromatic N) is 2. The number of carbonyl (C=O) groups is 2. The van der Waals surface area contributed by atoms with E-state index in [9.17, 15) is 9.59 Å². The molecule has 116 valence electrons. The summed E-state index contributed by atoms with van der Waals surface area (Å²) in [5.41, 5.74) is 1.18. The summed E-state index contributed by atoms with van der Waals surface area (Å²) in [7, 11) is 1.34. The number of carbonyl (C=O) groups excluding carboxylic acids is 2. The minimum atomic E-state index is -0.343. The van der Waals surface area contributed by atoms with Gasteiger partial charge in [0.15, 0.2) is 0 Å². The Kier molecular flexibility index (Phi) is 4.95. The summed E-state index contributed by atoms with van der Waals surface area (Å²) in [4.78, 5) is 25.6. The normalized spacial score (nSPS) is 18.6. The average Bonchev–Trinajstić information content (AvgIpc) is 2.87. The number of esters is 1. The highest BCUT2D eigenvalue weighted by Gasteiger charge is 2.30. The summed E-state index contributed by atoms with van der Waals surface area (Å²) < 4.78 is 15.2. The maximum Gasteiger partial charge on any atom is 0.308 e. The lowest BCUT2D eigenvalue weighted by molar-refractivity contribution is -0.145. The van der Waals surface area contributed by atoms with E-state index in [0.29, 0.717) is 43.1 Å². The van der Waals surface area contributed by atoms with Gasteiger partial charge in [-0.1, -0.05) is 12.1 Å². The first-order valence-electron chi connectivity index (χ1n) is 6.99. The first-order valence-corrected chi connectivity index (χ1v) is 6.99. The second-order valence-electron chi connectivity index (χ2n) is 4.94. The van der Waals surface area contributed by atoms with Crippen molar-refractivity contribution in [1.82, 2.24) is 10.1 Å². The van der Waals surface area contributed by atoms with Crippen LogP contribution in [0.3, 0.4) is 0 Å². The van der Waals surface area contributed by atoms with Crippen molar-refractivity contribution in [2.24, 2.45) is 0 Å². The summed E-state index contributed by atoms with van der Waals surface area (Å²) in [6, 6.07) is 0. The van der Waals surface area contributed by atoms with Gasteiger partial charge in [-0.05, 0) is 13.3 Å². The number of ether oxygens (including phenoxy) is 2. The van der Waals surface area contributed by atoms with Crippen LogP contribution in [0.4, 0.5) is 0 Å². The SMILES string of the molecule is CCc1noc(C)c1C(=O)N1CCOC(CC(=O)OC)C1. The van der Waals surface area contributed by atoms with Gasteiger partial charge in [0.2, 0.25) is 0 Å². The van der Waals surface area contributed by atoms with Crippen LogP contribution in [-0.2, 0) is 20.7 Å². The zero-order valence-electron chi connectivity index (χ0n) is 12.5. The van der Waals surface area contributed by atoms with Crippen molar-refractivity contribution in [2.75, 3.05) is 26.8 Å². The molecule has 1 unspecified atom stereocenters. The largest absolute Gasteiger partial charge is 0.469 e. The van der Waals surface area contributed by atoms with Crippen molar-refractivity contribution in [2.45, 2.75) is 32.8 Å². The smallest absolute Gasteiger partial charge is 0.308 e. The van der Waals surface area contributed by atoms with Crippen LogP contribution >= 0.6 is 0 Å². The lowest BCUT2D eigenvalue weighted by Crippen LogP contribution is -2.46. The van der Waals surface area contributed by atoms with Crippen molar-refractivity contribution in [3.63, 3.8) is 0 Å². The fourth-order valence-corrected chi connectivity index (χ4v) is 2.39.